The maximum Gasteiger partial charge on any atom is 0.408 e. The summed E-state index contributed by atoms with van der Waals surface area (Å²) in [4.78, 5) is 41.1. The Labute approximate surface area is 322 Å². The number of carbonyl (C=O) groups excluding carboxylic acids is 3. The summed E-state index contributed by atoms with van der Waals surface area (Å²) >= 11 is 0. The van der Waals surface area contributed by atoms with Crippen LogP contribution in [0.15, 0.2) is 0 Å². The maximum atomic E-state index is 14.1. The Morgan fingerprint density at radius 3 is 1.19 bits per heavy atom. The Morgan fingerprint density at radius 1 is 0.481 bits per heavy atom. The number of unbranched alkanes of at least 4 members (excludes halogenated alkanes) is 23. The van der Waals surface area contributed by atoms with E-state index in [4.69, 9.17) is 9.47 Å². The van der Waals surface area contributed by atoms with Crippen LogP contribution < -0.4 is 10.6 Å². The lowest BCUT2D eigenvalue weighted by Gasteiger charge is -2.29. The Hall–Kier alpha value is -1.99. The molecule has 0 heterocycles. The number of carbonyl (C=O) groups is 3. The molecule has 3 amide bonds. The minimum absolute atomic E-state index is 0.0166. The van der Waals surface area contributed by atoms with E-state index in [1.165, 1.54) is 128 Å². The van der Waals surface area contributed by atoms with E-state index in [9.17, 15) is 14.4 Å². The molecule has 0 aromatic carbocycles. The molecular formula is C44H87N3O5. The SMILES string of the molecule is CCCCCCCCCCCCCCN(CCCCCCCCCCCCCC)C(=O)C(CCCCNC(=O)OC(C)(C)C)NC(=O)OC(C)(C)C. The van der Waals surface area contributed by atoms with E-state index < -0.39 is 29.4 Å². The highest BCUT2D eigenvalue weighted by Gasteiger charge is 2.28. The molecule has 0 radical (unpaired) electrons. The first-order valence-corrected chi connectivity index (χ1v) is 22.0. The molecule has 0 spiro atoms. The summed E-state index contributed by atoms with van der Waals surface area (Å²) in [6.45, 7) is 17.4. The molecule has 0 bridgehead atoms. The number of nitrogens with one attached hydrogen (secondary N) is 2. The molecule has 0 saturated carbocycles. The number of ether oxygens (including phenoxy) is 2. The minimum atomic E-state index is -0.661. The van der Waals surface area contributed by atoms with Gasteiger partial charge in [0.05, 0.1) is 0 Å². The third-order valence-electron chi connectivity index (χ3n) is 9.45. The third kappa shape index (κ3) is 33.8. The predicted octanol–water partition coefficient (Wildman–Crippen LogP) is 12.8. The number of hydrogen-bond donors (Lipinski definition) is 2. The summed E-state index contributed by atoms with van der Waals surface area (Å²) in [5, 5.41) is 5.71. The second kappa shape index (κ2) is 32.4. The number of amides is 3. The summed E-state index contributed by atoms with van der Waals surface area (Å²) in [5.74, 6) is -0.0166. The topological polar surface area (TPSA) is 97.0 Å². The van der Waals surface area contributed by atoms with Crippen molar-refractivity contribution in [3.05, 3.63) is 0 Å². The Kier molecular flexibility index (Phi) is 31.2. The van der Waals surface area contributed by atoms with Crippen LogP contribution in [0.4, 0.5) is 9.59 Å². The molecule has 1 atom stereocenters. The van der Waals surface area contributed by atoms with Crippen LogP contribution in [0, 0.1) is 0 Å². The lowest BCUT2D eigenvalue weighted by molar-refractivity contribution is -0.134. The van der Waals surface area contributed by atoms with Crippen LogP contribution in [0.5, 0.6) is 0 Å². The molecule has 0 fully saturated rings. The zero-order valence-corrected chi connectivity index (χ0v) is 35.8. The van der Waals surface area contributed by atoms with Crippen molar-refractivity contribution < 1.29 is 23.9 Å². The van der Waals surface area contributed by atoms with Crippen LogP contribution in [-0.2, 0) is 14.3 Å². The zero-order valence-electron chi connectivity index (χ0n) is 35.8. The van der Waals surface area contributed by atoms with Crippen molar-refractivity contribution in [3.63, 3.8) is 0 Å². The lowest BCUT2D eigenvalue weighted by Crippen LogP contribution is -2.50. The highest BCUT2D eigenvalue weighted by molar-refractivity contribution is 5.85. The number of alkyl carbamates (subject to hydrolysis) is 2. The molecule has 0 aromatic rings. The second-order valence-corrected chi connectivity index (χ2v) is 17.2. The van der Waals surface area contributed by atoms with E-state index in [0.717, 1.165) is 38.8 Å². The Bertz CT molecular complexity index is 839. The normalized spacial score (nSPS) is 12.4. The molecule has 8 heteroatoms. The molecule has 0 aromatic heterocycles. The van der Waals surface area contributed by atoms with Gasteiger partial charge in [0.15, 0.2) is 0 Å². The van der Waals surface area contributed by atoms with Gasteiger partial charge >= 0.3 is 12.2 Å². The van der Waals surface area contributed by atoms with Crippen LogP contribution >= 0.6 is 0 Å². The first kappa shape index (κ1) is 50.0. The quantitative estimate of drug-likeness (QED) is 0.0654. The fourth-order valence-corrected chi connectivity index (χ4v) is 6.53. The van der Waals surface area contributed by atoms with E-state index in [1.54, 1.807) is 0 Å². The van der Waals surface area contributed by atoms with Gasteiger partial charge in [-0.3, -0.25) is 4.79 Å². The smallest absolute Gasteiger partial charge is 0.408 e. The average molecular weight is 738 g/mol. The summed E-state index contributed by atoms with van der Waals surface area (Å²) in [5.41, 5.74) is -1.21. The molecular weight excluding hydrogens is 651 g/mol. The largest absolute Gasteiger partial charge is 0.444 e. The second-order valence-electron chi connectivity index (χ2n) is 17.2. The van der Waals surface area contributed by atoms with Crippen molar-refractivity contribution in [2.45, 2.75) is 246 Å². The highest BCUT2D eigenvalue weighted by atomic mass is 16.6. The van der Waals surface area contributed by atoms with Gasteiger partial charge in [-0.2, -0.15) is 0 Å². The van der Waals surface area contributed by atoms with Gasteiger partial charge in [0, 0.05) is 19.6 Å². The van der Waals surface area contributed by atoms with Crippen LogP contribution in [0.3, 0.4) is 0 Å². The molecule has 0 aliphatic heterocycles. The predicted molar refractivity (Wildman–Crippen MR) is 220 cm³/mol. The molecule has 0 aliphatic carbocycles. The van der Waals surface area contributed by atoms with Gasteiger partial charge in [0.2, 0.25) is 5.91 Å². The van der Waals surface area contributed by atoms with Crippen molar-refractivity contribution in [1.82, 2.24) is 15.5 Å². The number of nitrogens with zero attached hydrogens (tertiary/aromatic N) is 1. The van der Waals surface area contributed by atoms with Crippen LogP contribution in [-0.4, -0.2) is 59.9 Å². The van der Waals surface area contributed by atoms with E-state index in [-0.39, 0.29) is 5.91 Å². The fourth-order valence-electron chi connectivity index (χ4n) is 6.53. The van der Waals surface area contributed by atoms with E-state index >= 15 is 0 Å². The molecule has 2 N–H and O–H groups in total. The standard InChI is InChI=1S/C44H87N3O5/c1-9-11-13-15-17-19-21-23-25-27-29-33-37-47(38-34-30-28-26-24-22-20-18-16-14-12-10-2)40(48)39(46-42(50)52-44(6,7)8)35-31-32-36-45-41(49)51-43(3,4)5/h39H,9-38H2,1-8H3,(H,45,49)(H,46,50). The average Bonchev–Trinajstić information content (AvgIpc) is 3.05. The number of hydrogen-bond acceptors (Lipinski definition) is 5. The minimum Gasteiger partial charge on any atom is -0.444 e. The van der Waals surface area contributed by atoms with Crippen LogP contribution in [0.2, 0.25) is 0 Å². The van der Waals surface area contributed by atoms with Crippen molar-refractivity contribution in [2.75, 3.05) is 19.6 Å². The fraction of sp³-hybridized carbons (Fsp3) is 0.932. The highest BCUT2D eigenvalue weighted by Crippen LogP contribution is 2.16. The van der Waals surface area contributed by atoms with Gasteiger partial charge in [0.1, 0.15) is 17.2 Å². The molecule has 0 aliphatic rings. The maximum absolute atomic E-state index is 14.1. The van der Waals surface area contributed by atoms with Crippen LogP contribution in [0.1, 0.15) is 229 Å². The zero-order chi connectivity index (χ0) is 38.9. The van der Waals surface area contributed by atoms with Gasteiger partial charge in [-0.25, -0.2) is 9.59 Å². The summed E-state index contributed by atoms with van der Waals surface area (Å²) in [6, 6.07) is -0.661. The Morgan fingerprint density at radius 2 is 0.827 bits per heavy atom. The molecule has 0 rings (SSSR count). The first-order valence-electron chi connectivity index (χ1n) is 22.0. The van der Waals surface area contributed by atoms with Crippen LogP contribution in [0.25, 0.3) is 0 Å². The summed E-state index contributed by atoms with van der Waals surface area (Å²) in [7, 11) is 0. The van der Waals surface area contributed by atoms with E-state index in [1.807, 2.05) is 46.4 Å². The van der Waals surface area contributed by atoms with Gasteiger partial charge in [0.25, 0.3) is 0 Å². The van der Waals surface area contributed by atoms with Gasteiger partial charge in [-0.1, -0.05) is 155 Å². The molecule has 52 heavy (non-hydrogen) atoms. The molecule has 8 nitrogen and oxygen atoms in total. The first-order chi connectivity index (χ1) is 24.8. The van der Waals surface area contributed by atoms with Crippen molar-refractivity contribution in [2.24, 2.45) is 0 Å². The lowest BCUT2D eigenvalue weighted by atomic mass is 10.0. The molecule has 0 saturated heterocycles. The van der Waals surface area contributed by atoms with Crippen molar-refractivity contribution >= 4 is 18.1 Å². The Balaban J connectivity index is 5.08. The monoisotopic (exact) mass is 738 g/mol. The van der Waals surface area contributed by atoms with E-state index in [2.05, 4.69) is 24.5 Å². The van der Waals surface area contributed by atoms with Gasteiger partial charge in [-0.05, 0) is 73.6 Å². The number of rotatable bonds is 33. The summed E-state index contributed by atoms with van der Waals surface area (Å²) in [6.07, 6.45) is 31.6. The molecule has 308 valence electrons. The third-order valence-corrected chi connectivity index (χ3v) is 9.45. The molecule has 1 unspecified atom stereocenters. The van der Waals surface area contributed by atoms with Crippen molar-refractivity contribution in [1.29, 1.82) is 0 Å². The van der Waals surface area contributed by atoms with Gasteiger partial charge in [-0.15, -0.1) is 0 Å². The van der Waals surface area contributed by atoms with E-state index in [0.29, 0.717) is 25.8 Å². The van der Waals surface area contributed by atoms with Gasteiger partial charge < -0.3 is 25.0 Å². The summed E-state index contributed by atoms with van der Waals surface area (Å²) < 4.78 is 10.9. The van der Waals surface area contributed by atoms with Crippen molar-refractivity contribution in [3.8, 4) is 0 Å².